The highest BCUT2D eigenvalue weighted by molar-refractivity contribution is 7.16. The minimum atomic E-state index is -0.329. The number of hydrogen-bond acceptors (Lipinski definition) is 8. The van der Waals surface area contributed by atoms with Gasteiger partial charge in [0.15, 0.2) is 16.6 Å². The van der Waals surface area contributed by atoms with E-state index in [1.54, 1.807) is 32.4 Å². The smallest absolute Gasteiger partial charge is 0.257 e. The second-order valence-electron chi connectivity index (χ2n) is 8.20. The Morgan fingerprint density at radius 3 is 2.36 bits per heavy atom. The highest BCUT2D eigenvalue weighted by atomic mass is 32.1. The average Bonchev–Trinajstić information content (AvgIpc) is 3.48. The maximum Gasteiger partial charge on any atom is 0.257 e. The molecule has 2 aromatic carbocycles. The lowest BCUT2D eigenvalue weighted by Crippen LogP contribution is -2.30. The molecule has 1 heterocycles. The van der Waals surface area contributed by atoms with Crippen LogP contribution in [0.4, 0.5) is 5.13 Å². The summed E-state index contributed by atoms with van der Waals surface area (Å²) in [5, 5.41) is 6.33. The zero-order valence-corrected chi connectivity index (χ0v) is 21.5. The van der Waals surface area contributed by atoms with Crippen LogP contribution in [0.3, 0.4) is 0 Å². The number of methoxy groups -OCH3 is 4. The first-order chi connectivity index (χ1) is 17.4. The number of ether oxygens (including phenoxy) is 4. The van der Waals surface area contributed by atoms with E-state index in [0.29, 0.717) is 53.1 Å². The zero-order valence-electron chi connectivity index (χ0n) is 20.7. The van der Waals surface area contributed by atoms with Gasteiger partial charge in [0.1, 0.15) is 11.5 Å². The molecular weight excluding hydrogens is 482 g/mol. The minimum Gasteiger partial charge on any atom is -0.497 e. The lowest BCUT2D eigenvalue weighted by atomic mass is 10.1. The summed E-state index contributed by atoms with van der Waals surface area (Å²) in [6.45, 7) is 0.492. The van der Waals surface area contributed by atoms with Crippen molar-refractivity contribution in [3.63, 3.8) is 0 Å². The Morgan fingerprint density at radius 1 is 0.972 bits per heavy atom. The number of aromatic nitrogens is 1. The van der Waals surface area contributed by atoms with Gasteiger partial charge in [-0.15, -0.1) is 11.3 Å². The fourth-order valence-corrected chi connectivity index (χ4v) is 5.17. The van der Waals surface area contributed by atoms with Crippen molar-refractivity contribution in [3.05, 3.63) is 58.1 Å². The molecule has 0 aliphatic heterocycles. The molecule has 10 heteroatoms. The predicted molar refractivity (Wildman–Crippen MR) is 137 cm³/mol. The Bertz CT molecular complexity index is 1240. The number of nitrogens with zero attached hydrogens (tertiary/aromatic N) is 1. The first-order valence-corrected chi connectivity index (χ1v) is 12.3. The molecular formula is C26H29N3O6S. The number of hydrogen-bond donors (Lipinski definition) is 2. The quantitative estimate of drug-likeness (QED) is 0.426. The third-order valence-electron chi connectivity index (χ3n) is 6.03. The molecule has 0 bridgehead atoms. The number of fused-ring (bicyclic) bond motifs is 1. The molecule has 2 amide bonds. The van der Waals surface area contributed by atoms with Gasteiger partial charge in [-0.25, -0.2) is 4.98 Å². The summed E-state index contributed by atoms with van der Waals surface area (Å²) in [6.07, 6.45) is 2.12. The number of carbonyl (C=O) groups is 2. The number of nitrogens with one attached hydrogen (secondary N) is 2. The molecule has 1 atom stereocenters. The number of thiazole rings is 1. The number of amides is 2. The molecule has 0 saturated heterocycles. The van der Waals surface area contributed by atoms with Gasteiger partial charge in [0.25, 0.3) is 5.91 Å². The summed E-state index contributed by atoms with van der Waals surface area (Å²) in [5.74, 6) is 1.65. The number of carbonyl (C=O) groups excluding carboxylic acids is 2. The molecule has 1 aliphatic carbocycles. The fraction of sp³-hybridized carbons (Fsp3) is 0.346. The van der Waals surface area contributed by atoms with Crippen molar-refractivity contribution in [2.75, 3.05) is 40.3 Å². The monoisotopic (exact) mass is 511 g/mol. The standard InChI is InChI=1S/C26H29N3O6S/c1-32-17-12-16(13-18(14-17)33-2)24(30)29-26-28-23-19(6-8-22(23)36-26)25(31)27-10-9-15-5-7-20(34-3)21(11-15)35-4/h5,7,11-14,19H,6,8-10H2,1-4H3,(H,27,31)(H,28,29,30). The average molecular weight is 512 g/mol. The van der Waals surface area contributed by atoms with E-state index in [4.69, 9.17) is 18.9 Å². The van der Waals surface area contributed by atoms with Crippen molar-refractivity contribution in [1.82, 2.24) is 10.3 Å². The van der Waals surface area contributed by atoms with Crippen molar-refractivity contribution in [2.24, 2.45) is 0 Å². The van der Waals surface area contributed by atoms with Crippen LogP contribution in [0, 0.1) is 0 Å². The Balaban J connectivity index is 1.36. The normalized spacial score (nSPS) is 14.1. The molecule has 4 rings (SSSR count). The van der Waals surface area contributed by atoms with E-state index in [-0.39, 0.29) is 17.7 Å². The van der Waals surface area contributed by atoms with Gasteiger partial charge in [-0.2, -0.15) is 0 Å². The van der Waals surface area contributed by atoms with Gasteiger partial charge in [0.05, 0.1) is 40.1 Å². The first kappa shape index (κ1) is 25.3. The largest absolute Gasteiger partial charge is 0.497 e. The molecule has 1 aromatic heterocycles. The maximum atomic E-state index is 12.9. The first-order valence-electron chi connectivity index (χ1n) is 11.5. The van der Waals surface area contributed by atoms with Gasteiger partial charge in [0, 0.05) is 23.1 Å². The highest BCUT2D eigenvalue weighted by Crippen LogP contribution is 2.38. The van der Waals surface area contributed by atoms with Crippen molar-refractivity contribution in [2.45, 2.75) is 25.2 Å². The van der Waals surface area contributed by atoms with Crippen LogP contribution >= 0.6 is 11.3 Å². The van der Waals surface area contributed by atoms with Crippen LogP contribution in [0.15, 0.2) is 36.4 Å². The molecule has 9 nitrogen and oxygen atoms in total. The zero-order chi connectivity index (χ0) is 25.7. The van der Waals surface area contributed by atoms with Crippen molar-refractivity contribution < 1.29 is 28.5 Å². The Hall–Kier alpha value is -3.79. The summed E-state index contributed by atoms with van der Waals surface area (Å²) in [6, 6.07) is 10.7. The Labute approximate surface area is 213 Å². The van der Waals surface area contributed by atoms with Gasteiger partial charge in [0.2, 0.25) is 5.91 Å². The molecule has 2 N–H and O–H groups in total. The van der Waals surface area contributed by atoms with E-state index in [1.165, 1.54) is 25.6 Å². The molecule has 0 fully saturated rings. The highest BCUT2D eigenvalue weighted by Gasteiger charge is 2.32. The second kappa shape index (κ2) is 11.3. The van der Waals surface area contributed by atoms with E-state index < -0.39 is 0 Å². The number of aryl methyl sites for hydroxylation is 1. The van der Waals surface area contributed by atoms with E-state index in [0.717, 1.165) is 22.6 Å². The van der Waals surface area contributed by atoms with Crippen LogP contribution in [0.2, 0.25) is 0 Å². The Morgan fingerprint density at radius 2 is 1.69 bits per heavy atom. The fourth-order valence-electron chi connectivity index (χ4n) is 4.13. The van der Waals surface area contributed by atoms with Crippen LogP contribution in [0.5, 0.6) is 23.0 Å². The predicted octanol–water partition coefficient (Wildman–Crippen LogP) is 3.82. The van der Waals surface area contributed by atoms with Crippen LogP contribution in [0.25, 0.3) is 0 Å². The van der Waals surface area contributed by atoms with Gasteiger partial charge >= 0.3 is 0 Å². The summed E-state index contributed by atoms with van der Waals surface area (Å²) >= 11 is 1.40. The lowest BCUT2D eigenvalue weighted by Gasteiger charge is -2.12. The topological polar surface area (TPSA) is 108 Å². The van der Waals surface area contributed by atoms with Crippen LogP contribution in [-0.2, 0) is 17.6 Å². The molecule has 0 saturated carbocycles. The third kappa shape index (κ3) is 5.54. The molecule has 1 unspecified atom stereocenters. The van der Waals surface area contributed by atoms with E-state index in [9.17, 15) is 9.59 Å². The number of rotatable bonds is 10. The van der Waals surface area contributed by atoms with Gasteiger partial charge in [-0.3, -0.25) is 14.9 Å². The minimum absolute atomic E-state index is 0.0602. The molecule has 36 heavy (non-hydrogen) atoms. The van der Waals surface area contributed by atoms with E-state index in [1.807, 2.05) is 18.2 Å². The van der Waals surface area contributed by atoms with E-state index >= 15 is 0 Å². The van der Waals surface area contributed by atoms with E-state index in [2.05, 4.69) is 15.6 Å². The van der Waals surface area contributed by atoms with Crippen LogP contribution in [-0.4, -0.2) is 51.8 Å². The third-order valence-corrected chi connectivity index (χ3v) is 7.08. The summed E-state index contributed by atoms with van der Waals surface area (Å²) in [7, 11) is 6.25. The van der Waals surface area contributed by atoms with Crippen LogP contribution in [0.1, 0.15) is 38.8 Å². The molecule has 0 radical (unpaired) electrons. The number of anilines is 1. The molecule has 190 valence electrons. The summed E-state index contributed by atoms with van der Waals surface area (Å²) in [5.41, 5.74) is 2.17. The van der Waals surface area contributed by atoms with Crippen molar-refractivity contribution in [1.29, 1.82) is 0 Å². The molecule has 0 spiro atoms. The summed E-state index contributed by atoms with van der Waals surface area (Å²) in [4.78, 5) is 31.3. The SMILES string of the molecule is COc1cc(OC)cc(C(=O)Nc2nc3c(s2)CCC3C(=O)NCCc2ccc(OC)c(OC)c2)c1. The van der Waals surface area contributed by atoms with Crippen LogP contribution < -0.4 is 29.6 Å². The van der Waals surface area contributed by atoms with Crippen molar-refractivity contribution >= 4 is 28.3 Å². The van der Waals surface area contributed by atoms with Gasteiger partial charge in [-0.05, 0) is 49.1 Å². The Kier molecular flexibility index (Phi) is 7.94. The second-order valence-corrected chi connectivity index (χ2v) is 9.29. The summed E-state index contributed by atoms with van der Waals surface area (Å²) < 4.78 is 21.1. The van der Waals surface area contributed by atoms with Gasteiger partial charge in [-0.1, -0.05) is 6.07 Å². The molecule has 1 aliphatic rings. The number of benzene rings is 2. The molecule has 3 aromatic rings. The van der Waals surface area contributed by atoms with Crippen molar-refractivity contribution in [3.8, 4) is 23.0 Å². The lowest BCUT2D eigenvalue weighted by molar-refractivity contribution is -0.122. The van der Waals surface area contributed by atoms with Gasteiger partial charge < -0.3 is 24.3 Å². The maximum absolute atomic E-state index is 12.9.